The van der Waals surface area contributed by atoms with Crippen LogP contribution in [-0.4, -0.2) is 43.7 Å². The molecule has 0 bridgehead atoms. The molecule has 148 valence electrons. The zero-order valence-electron chi connectivity index (χ0n) is 16.2. The summed E-state index contributed by atoms with van der Waals surface area (Å²) in [5.41, 5.74) is 2.45. The van der Waals surface area contributed by atoms with E-state index in [-0.39, 0.29) is 11.9 Å². The van der Waals surface area contributed by atoms with Crippen molar-refractivity contribution in [2.75, 3.05) is 32.8 Å². The van der Waals surface area contributed by atoms with Crippen LogP contribution in [0.1, 0.15) is 36.4 Å². The Kier molecular flexibility index (Phi) is 6.12. The molecule has 0 unspecified atom stereocenters. The molecule has 2 heterocycles. The molecule has 1 N–H and O–H groups in total. The van der Waals surface area contributed by atoms with Crippen LogP contribution in [0.2, 0.25) is 0 Å². The molecule has 5 nitrogen and oxygen atoms in total. The standard InChI is InChI=1S/C23H28N2O3/c26-23(24-12-11-18-6-2-1-3-7-18)17-25-13-4-8-20(25)19-9-10-21-22(16-19)28-15-5-14-27-21/h1-3,6-7,9-10,16,20H,4-5,8,11-15,17H2,(H,24,26)/t20-/m0/s1. The Bertz CT molecular complexity index is 794. The number of fused-ring (bicyclic) bond motifs is 1. The predicted molar refractivity (Wildman–Crippen MR) is 109 cm³/mol. The van der Waals surface area contributed by atoms with Gasteiger partial charge >= 0.3 is 0 Å². The van der Waals surface area contributed by atoms with Gasteiger partial charge in [-0.05, 0) is 49.1 Å². The van der Waals surface area contributed by atoms with Crippen molar-refractivity contribution >= 4 is 5.91 Å². The summed E-state index contributed by atoms with van der Waals surface area (Å²) in [6.07, 6.45) is 3.94. The molecule has 0 aromatic heterocycles. The summed E-state index contributed by atoms with van der Waals surface area (Å²) in [7, 11) is 0. The third kappa shape index (κ3) is 4.65. The molecule has 1 amide bonds. The van der Waals surface area contributed by atoms with Gasteiger partial charge in [0.25, 0.3) is 0 Å². The van der Waals surface area contributed by atoms with Gasteiger partial charge in [-0.1, -0.05) is 36.4 Å². The Morgan fingerprint density at radius 3 is 2.71 bits per heavy atom. The smallest absolute Gasteiger partial charge is 0.234 e. The van der Waals surface area contributed by atoms with Crippen molar-refractivity contribution in [2.45, 2.75) is 31.7 Å². The van der Waals surface area contributed by atoms with Crippen LogP contribution in [0.5, 0.6) is 11.5 Å². The highest BCUT2D eigenvalue weighted by Crippen LogP contribution is 2.37. The van der Waals surface area contributed by atoms with Crippen LogP contribution < -0.4 is 14.8 Å². The van der Waals surface area contributed by atoms with E-state index in [2.05, 4.69) is 34.5 Å². The number of carbonyl (C=O) groups is 1. The van der Waals surface area contributed by atoms with Gasteiger partial charge in [0.2, 0.25) is 5.91 Å². The summed E-state index contributed by atoms with van der Waals surface area (Å²) >= 11 is 0. The van der Waals surface area contributed by atoms with Gasteiger partial charge in [0.05, 0.1) is 19.8 Å². The second kappa shape index (κ2) is 9.11. The second-order valence-corrected chi connectivity index (χ2v) is 7.47. The van der Waals surface area contributed by atoms with Crippen molar-refractivity contribution < 1.29 is 14.3 Å². The number of benzene rings is 2. The molecule has 0 radical (unpaired) electrons. The van der Waals surface area contributed by atoms with E-state index < -0.39 is 0 Å². The summed E-state index contributed by atoms with van der Waals surface area (Å²) in [5, 5.41) is 3.06. The number of rotatable bonds is 6. The van der Waals surface area contributed by atoms with Crippen molar-refractivity contribution in [3.05, 3.63) is 59.7 Å². The number of carbonyl (C=O) groups excluding carboxylic acids is 1. The fourth-order valence-corrected chi connectivity index (χ4v) is 4.01. The first-order chi connectivity index (χ1) is 13.8. The van der Waals surface area contributed by atoms with Crippen LogP contribution in [-0.2, 0) is 11.2 Å². The maximum atomic E-state index is 12.4. The first kappa shape index (κ1) is 18.8. The monoisotopic (exact) mass is 380 g/mol. The van der Waals surface area contributed by atoms with E-state index >= 15 is 0 Å². The van der Waals surface area contributed by atoms with E-state index in [4.69, 9.17) is 9.47 Å². The maximum absolute atomic E-state index is 12.4. The average molecular weight is 380 g/mol. The topological polar surface area (TPSA) is 50.8 Å². The molecule has 0 saturated carbocycles. The quantitative estimate of drug-likeness (QED) is 0.835. The Balaban J connectivity index is 1.33. The first-order valence-electron chi connectivity index (χ1n) is 10.2. The molecule has 5 heteroatoms. The molecule has 1 atom stereocenters. The molecule has 1 fully saturated rings. The first-order valence-corrected chi connectivity index (χ1v) is 10.2. The van der Waals surface area contributed by atoms with E-state index in [1.54, 1.807) is 0 Å². The number of nitrogens with one attached hydrogen (secondary N) is 1. The van der Waals surface area contributed by atoms with Gasteiger partial charge < -0.3 is 14.8 Å². The molecule has 1 saturated heterocycles. The van der Waals surface area contributed by atoms with Crippen LogP contribution in [0.15, 0.2) is 48.5 Å². The maximum Gasteiger partial charge on any atom is 0.234 e. The fraction of sp³-hybridized carbons (Fsp3) is 0.435. The zero-order chi connectivity index (χ0) is 19.2. The van der Waals surface area contributed by atoms with Gasteiger partial charge in [0.1, 0.15) is 0 Å². The Labute approximate surface area is 166 Å². The lowest BCUT2D eigenvalue weighted by Crippen LogP contribution is -2.37. The average Bonchev–Trinajstić information content (AvgIpc) is 3.04. The molecular weight excluding hydrogens is 352 g/mol. The summed E-state index contributed by atoms with van der Waals surface area (Å²) < 4.78 is 11.6. The van der Waals surface area contributed by atoms with Gasteiger partial charge in [0.15, 0.2) is 11.5 Å². The molecule has 2 aromatic carbocycles. The number of nitrogens with zero attached hydrogens (tertiary/aromatic N) is 1. The van der Waals surface area contributed by atoms with E-state index in [0.717, 1.165) is 43.7 Å². The summed E-state index contributed by atoms with van der Waals surface area (Å²) in [4.78, 5) is 14.7. The van der Waals surface area contributed by atoms with Crippen LogP contribution in [0.4, 0.5) is 0 Å². The van der Waals surface area contributed by atoms with Gasteiger partial charge in [-0.15, -0.1) is 0 Å². The number of likely N-dealkylation sites (tertiary alicyclic amines) is 1. The minimum absolute atomic E-state index is 0.0946. The van der Waals surface area contributed by atoms with Crippen LogP contribution in [0.3, 0.4) is 0 Å². The summed E-state index contributed by atoms with van der Waals surface area (Å²) in [6, 6.07) is 16.7. The Morgan fingerprint density at radius 2 is 1.86 bits per heavy atom. The third-order valence-corrected chi connectivity index (χ3v) is 5.45. The van der Waals surface area contributed by atoms with Crippen molar-refractivity contribution in [3.8, 4) is 11.5 Å². The van der Waals surface area contributed by atoms with E-state index in [1.165, 1.54) is 11.1 Å². The minimum Gasteiger partial charge on any atom is -0.490 e. The van der Waals surface area contributed by atoms with Crippen molar-refractivity contribution in [3.63, 3.8) is 0 Å². The zero-order valence-corrected chi connectivity index (χ0v) is 16.2. The van der Waals surface area contributed by atoms with E-state index in [1.807, 2.05) is 24.3 Å². The molecular formula is C23H28N2O3. The number of hydrogen-bond acceptors (Lipinski definition) is 4. The summed E-state index contributed by atoms with van der Waals surface area (Å²) in [6.45, 7) is 3.45. The van der Waals surface area contributed by atoms with Crippen LogP contribution in [0.25, 0.3) is 0 Å². The minimum atomic E-state index is 0.0946. The van der Waals surface area contributed by atoms with Gasteiger partial charge in [-0.2, -0.15) is 0 Å². The lowest BCUT2D eigenvalue weighted by atomic mass is 10.0. The molecule has 0 spiro atoms. The van der Waals surface area contributed by atoms with Gasteiger partial charge in [-0.3, -0.25) is 9.69 Å². The number of hydrogen-bond donors (Lipinski definition) is 1. The summed E-state index contributed by atoms with van der Waals surface area (Å²) in [5.74, 6) is 1.75. The molecule has 2 aliphatic rings. The lowest BCUT2D eigenvalue weighted by molar-refractivity contribution is -0.122. The number of ether oxygens (including phenoxy) is 2. The lowest BCUT2D eigenvalue weighted by Gasteiger charge is -2.25. The SMILES string of the molecule is O=C(CN1CCC[C@H]1c1ccc2c(c1)OCCCO2)NCCc1ccccc1. The van der Waals surface area contributed by atoms with Crippen LogP contribution >= 0.6 is 0 Å². The van der Waals surface area contributed by atoms with Crippen molar-refractivity contribution in [1.29, 1.82) is 0 Å². The predicted octanol–water partition coefficient (Wildman–Crippen LogP) is 3.34. The molecule has 2 aromatic rings. The van der Waals surface area contributed by atoms with E-state index in [9.17, 15) is 4.79 Å². The molecule has 4 rings (SSSR count). The van der Waals surface area contributed by atoms with Crippen molar-refractivity contribution in [2.24, 2.45) is 0 Å². The molecule has 0 aliphatic carbocycles. The highest BCUT2D eigenvalue weighted by atomic mass is 16.5. The Morgan fingerprint density at radius 1 is 1.04 bits per heavy atom. The number of amides is 1. The molecule has 28 heavy (non-hydrogen) atoms. The van der Waals surface area contributed by atoms with Crippen LogP contribution in [0, 0.1) is 0 Å². The second-order valence-electron chi connectivity index (χ2n) is 7.47. The fourth-order valence-electron chi connectivity index (χ4n) is 4.01. The van der Waals surface area contributed by atoms with Crippen molar-refractivity contribution in [1.82, 2.24) is 10.2 Å². The van der Waals surface area contributed by atoms with Gasteiger partial charge in [0, 0.05) is 19.0 Å². The highest BCUT2D eigenvalue weighted by Gasteiger charge is 2.28. The van der Waals surface area contributed by atoms with E-state index in [0.29, 0.717) is 26.3 Å². The highest BCUT2D eigenvalue weighted by molar-refractivity contribution is 5.78. The third-order valence-electron chi connectivity index (χ3n) is 5.45. The normalized spacial score (nSPS) is 19.2. The van der Waals surface area contributed by atoms with Gasteiger partial charge in [-0.25, -0.2) is 0 Å². The Hall–Kier alpha value is -2.53. The molecule has 2 aliphatic heterocycles. The largest absolute Gasteiger partial charge is 0.490 e.